The molecule has 2 aromatic rings. The first kappa shape index (κ1) is 16.1. The van der Waals surface area contributed by atoms with Gasteiger partial charge in [-0.3, -0.25) is 4.68 Å². The van der Waals surface area contributed by atoms with E-state index in [0.29, 0.717) is 35.6 Å². The molecule has 0 radical (unpaired) electrons. The molecule has 3 heterocycles. The minimum Gasteiger partial charge on any atom is -0.454 e. The van der Waals surface area contributed by atoms with Gasteiger partial charge in [0.25, 0.3) is 6.43 Å². The average Bonchev–Trinajstić information content (AvgIpc) is 2.90. The Morgan fingerprint density at radius 2 is 2.17 bits per heavy atom. The van der Waals surface area contributed by atoms with Crippen LogP contribution in [-0.2, 0) is 11.3 Å². The zero-order valence-electron chi connectivity index (χ0n) is 12.3. The molecule has 23 heavy (non-hydrogen) atoms. The maximum absolute atomic E-state index is 12.6. The summed E-state index contributed by atoms with van der Waals surface area (Å²) in [4.78, 5) is 3.89. The Kier molecular flexibility index (Phi) is 5.07. The van der Waals surface area contributed by atoms with Crippen molar-refractivity contribution in [3.05, 3.63) is 35.4 Å². The van der Waals surface area contributed by atoms with Gasteiger partial charge in [-0.05, 0) is 18.9 Å². The van der Waals surface area contributed by atoms with Crippen LogP contribution in [0, 0.1) is 0 Å². The number of rotatable bonds is 5. The first-order valence-electron chi connectivity index (χ1n) is 7.34. The van der Waals surface area contributed by atoms with E-state index in [4.69, 9.17) is 21.1 Å². The molecule has 0 N–H and O–H groups in total. The van der Waals surface area contributed by atoms with Crippen molar-refractivity contribution in [3.63, 3.8) is 0 Å². The minimum absolute atomic E-state index is 0.134. The normalized spacial score (nSPS) is 16.0. The second kappa shape index (κ2) is 7.23. The van der Waals surface area contributed by atoms with Crippen LogP contribution in [0.4, 0.5) is 8.78 Å². The SMILES string of the molecule is FC(F)Cn1cc(Oc2ccnc(Cl)c2)c(C2CCOCC2)n1. The summed E-state index contributed by atoms with van der Waals surface area (Å²) in [5.41, 5.74) is 0.682. The lowest BCUT2D eigenvalue weighted by Gasteiger charge is -2.21. The molecule has 0 aliphatic carbocycles. The van der Waals surface area contributed by atoms with Crippen LogP contribution in [0.25, 0.3) is 0 Å². The number of pyridine rings is 1. The zero-order valence-corrected chi connectivity index (χ0v) is 13.0. The van der Waals surface area contributed by atoms with Crippen LogP contribution >= 0.6 is 11.6 Å². The van der Waals surface area contributed by atoms with Gasteiger partial charge in [0.05, 0.1) is 6.20 Å². The fraction of sp³-hybridized carbons (Fsp3) is 0.467. The van der Waals surface area contributed by atoms with Crippen molar-refractivity contribution in [1.82, 2.24) is 14.8 Å². The van der Waals surface area contributed by atoms with Gasteiger partial charge in [-0.2, -0.15) is 5.10 Å². The highest BCUT2D eigenvalue weighted by Gasteiger charge is 2.24. The van der Waals surface area contributed by atoms with Gasteiger partial charge in [-0.15, -0.1) is 0 Å². The molecule has 3 rings (SSSR count). The van der Waals surface area contributed by atoms with E-state index in [9.17, 15) is 8.78 Å². The fourth-order valence-electron chi connectivity index (χ4n) is 2.56. The maximum Gasteiger partial charge on any atom is 0.257 e. The van der Waals surface area contributed by atoms with Gasteiger partial charge < -0.3 is 9.47 Å². The third-order valence-corrected chi connectivity index (χ3v) is 3.82. The molecule has 0 aromatic carbocycles. The Labute approximate surface area is 137 Å². The van der Waals surface area contributed by atoms with Crippen LogP contribution in [0.2, 0.25) is 5.15 Å². The van der Waals surface area contributed by atoms with E-state index in [1.165, 1.54) is 17.1 Å². The molecule has 124 valence electrons. The summed E-state index contributed by atoms with van der Waals surface area (Å²) < 4.78 is 37.7. The van der Waals surface area contributed by atoms with Crippen molar-refractivity contribution >= 4 is 11.6 Å². The molecule has 1 aliphatic heterocycles. The summed E-state index contributed by atoms with van der Waals surface area (Å²) in [6, 6.07) is 3.23. The smallest absolute Gasteiger partial charge is 0.257 e. The average molecular weight is 344 g/mol. The summed E-state index contributed by atoms with van der Waals surface area (Å²) in [5, 5.41) is 4.60. The molecule has 0 atom stereocenters. The highest BCUT2D eigenvalue weighted by atomic mass is 35.5. The van der Waals surface area contributed by atoms with E-state index in [1.807, 2.05) is 0 Å². The Bertz CT molecular complexity index is 660. The van der Waals surface area contributed by atoms with Crippen molar-refractivity contribution < 1.29 is 18.3 Å². The summed E-state index contributed by atoms with van der Waals surface area (Å²) in [6.07, 6.45) is 2.14. The molecule has 5 nitrogen and oxygen atoms in total. The van der Waals surface area contributed by atoms with Gasteiger partial charge in [-0.25, -0.2) is 13.8 Å². The van der Waals surface area contributed by atoms with E-state index in [1.54, 1.807) is 12.1 Å². The predicted octanol–water partition coefficient (Wildman–Crippen LogP) is 3.88. The second-order valence-electron chi connectivity index (χ2n) is 5.29. The van der Waals surface area contributed by atoms with Crippen LogP contribution in [0.15, 0.2) is 24.5 Å². The molecule has 1 fully saturated rings. The minimum atomic E-state index is -2.47. The molecule has 1 saturated heterocycles. The fourth-order valence-corrected chi connectivity index (χ4v) is 2.72. The van der Waals surface area contributed by atoms with Crippen LogP contribution < -0.4 is 4.74 Å². The molecule has 0 spiro atoms. The number of halogens is 3. The molecule has 2 aromatic heterocycles. The van der Waals surface area contributed by atoms with E-state index in [-0.39, 0.29) is 5.92 Å². The highest BCUT2D eigenvalue weighted by Crippen LogP contribution is 2.35. The van der Waals surface area contributed by atoms with E-state index in [2.05, 4.69) is 10.1 Å². The molecule has 0 unspecified atom stereocenters. The lowest BCUT2D eigenvalue weighted by molar-refractivity contribution is 0.0835. The number of ether oxygens (including phenoxy) is 2. The van der Waals surface area contributed by atoms with Crippen molar-refractivity contribution in [2.45, 2.75) is 31.7 Å². The number of hydrogen-bond acceptors (Lipinski definition) is 4. The third-order valence-electron chi connectivity index (χ3n) is 3.61. The number of hydrogen-bond donors (Lipinski definition) is 0. The molecular formula is C15H16ClF2N3O2. The zero-order chi connectivity index (χ0) is 16.2. The molecular weight excluding hydrogens is 328 g/mol. The van der Waals surface area contributed by atoms with Gasteiger partial charge >= 0.3 is 0 Å². The molecule has 1 aliphatic rings. The summed E-state index contributed by atoms with van der Waals surface area (Å²) in [5.74, 6) is 1.10. The largest absolute Gasteiger partial charge is 0.454 e. The lowest BCUT2D eigenvalue weighted by Crippen LogP contribution is -2.15. The van der Waals surface area contributed by atoms with Crippen molar-refractivity contribution in [2.75, 3.05) is 13.2 Å². The van der Waals surface area contributed by atoms with Crippen molar-refractivity contribution in [1.29, 1.82) is 0 Å². The van der Waals surface area contributed by atoms with Gasteiger partial charge in [0.1, 0.15) is 23.1 Å². The van der Waals surface area contributed by atoms with Crippen molar-refractivity contribution in [2.24, 2.45) is 0 Å². The van der Waals surface area contributed by atoms with Gasteiger partial charge in [0, 0.05) is 31.4 Å². The Balaban J connectivity index is 1.87. The summed E-state index contributed by atoms with van der Waals surface area (Å²) in [7, 11) is 0. The Morgan fingerprint density at radius 3 is 2.87 bits per heavy atom. The monoisotopic (exact) mass is 343 g/mol. The van der Waals surface area contributed by atoms with Gasteiger partial charge in [0.2, 0.25) is 0 Å². The molecule has 0 saturated carbocycles. The molecule has 0 bridgehead atoms. The molecule has 0 amide bonds. The van der Waals surface area contributed by atoms with Gasteiger partial charge in [0.15, 0.2) is 5.75 Å². The third kappa shape index (κ3) is 4.17. The highest BCUT2D eigenvalue weighted by molar-refractivity contribution is 6.29. The lowest BCUT2D eigenvalue weighted by atomic mass is 9.96. The van der Waals surface area contributed by atoms with Crippen LogP contribution in [0.3, 0.4) is 0 Å². The van der Waals surface area contributed by atoms with Crippen LogP contribution in [-0.4, -0.2) is 34.4 Å². The van der Waals surface area contributed by atoms with Crippen LogP contribution in [0.5, 0.6) is 11.5 Å². The van der Waals surface area contributed by atoms with E-state index >= 15 is 0 Å². The standard InChI is InChI=1S/C15H16ClF2N3O2/c16-13-7-11(1-4-19-13)23-12-8-21(9-14(17)18)20-15(12)10-2-5-22-6-3-10/h1,4,7-8,10,14H,2-3,5-6,9H2. The Hall–Kier alpha value is -1.73. The van der Waals surface area contributed by atoms with Gasteiger partial charge in [-0.1, -0.05) is 11.6 Å². The summed E-state index contributed by atoms with van der Waals surface area (Å²) in [6.45, 7) is 0.802. The van der Waals surface area contributed by atoms with E-state index < -0.39 is 13.0 Å². The maximum atomic E-state index is 12.6. The Morgan fingerprint density at radius 1 is 1.39 bits per heavy atom. The quantitative estimate of drug-likeness (QED) is 0.773. The van der Waals surface area contributed by atoms with E-state index in [0.717, 1.165) is 12.8 Å². The predicted molar refractivity (Wildman–Crippen MR) is 80.3 cm³/mol. The first-order chi connectivity index (χ1) is 11.1. The number of alkyl halides is 2. The first-order valence-corrected chi connectivity index (χ1v) is 7.72. The molecule has 8 heteroatoms. The second-order valence-corrected chi connectivity index (χ2v) is 5.68. The van der Waals surface area contributed by atoms with Crippen LogP contribution in [0.1, 0.15) is 24.5 Å². The van der Waals surface area contributed by atoms with Crippen molar-refractivity contribution in [3.8, 4) is 11.5 Å². The topological polar surface area (TPSA) is 49.2 Å². The summed E-state index contributed by atoms with van der Waals surface area (Å²) >= 11 is 5.85. The number of nitrogens with zero attached hydrogens (tertiary/aromatic N) is 3. The number of aromatic nitrogens is 3.